The van der Waals surface area contributed by atoms with Crippen LogP contribution < -0.4 is 10.2 Å². The van der Waals surface area contributed by atoms with E-state index in [2.05, 4.69) is 177 Å². The molecule has 0 saturated heterocycles. The quantitative estimate of drug-likeness (QED) is 0.0272. The second kappa shape index (κ2) is 68.2. The van der Waals surface area contributed by atoms with Gasteiger partial charge in [0, 0.05) is 6.42 Å². The molecule has 0 radical (unpaired) electrons. The number of hydrogen-bond donors (Lipinski definition) is 2. The largest absolute Gasteiger partial charge is 0.756 e. The lowest BCUT2D eigenvalue weighted by atomic mass is 10.0. The lowest BCUT2D eigenvalue weighted by Gasteiger charge is -2.29. The zero-order chi connectivity index (χ0) is 64.8. The highest BCUT2D eigenvalue weighted by atomic mass is 31.2. The van der Waals surface area contributed by atoms with Crippen LogP contribution in [0.1, 0.15) is 277 Å². The zero-order valence-electron chi connectivity index (χ0n) is 57.8. The molecule has 3 atom stereocenters. The van der Waals surface area contributed by atoms with Crippen LogP contribution >= 0.6 is 7.82 Å². The molecular weight excluding hydrogens is 1120 g/mol. The molecule has 1 amide bonds. The molecule has 0 heterocycles. The molecule has 0 spiro atoms. The molecule has 8 nitrogen and oxygen atoms in total. The van der Waals surface area contributed by atoms with Gasteiger partial charge in [-0.1, -0.05) is 312 Å². The van der Waals surface area contributed by atoms with Gasteiger partial charge in [0.25, 0.3) is 7.82 Å². The highest BCUT2D eigenvalue weighted by molar-refractivity contribution is 7.45. The fraction of sp³-hybridized carbons (Fsp3) is 0.637. The van der Waals surface area contributed by atoms with Crippen LogP contribution in [0.4, 0.5) is 0 Å². The first-order valence-electron chi connectivity index (χ1n) is 36.0. The maximum absolute atomic E-state index is 13.0. The number of rotatable bonds is 64. The smallest absolute Gasteiger partial charge is 0.268 e. The molecular formula is C80H135N2O6P. The van der Waals surface area contributed by atoms with Crippen LogP contribution in [0.5, 0.6) is 0 Å². The Balaban J connectivity index is 4.25. The topological polar surface area (TPSA) is 108 Å². The Morgan fingerprint density at radius 1 is 0.404 bits per heavy atom. The monoisotopic (exact) mass is 1250 g/mol. The van der Waals surface area contributed by atoms with Crippen molar-refractivity contribution in [2.45, 2.75) is 289 Å². The minimum absolute atomic E-state index is 0.0222. The summed E-state index contributed by atoms with van der Waals surface area (Å²) in [6.07, 6.45) is 108. The molecule has 0 rings (SSSR count). The van der Waals surface area contributed by atoms with Crippen molar-refractivity contribution in [1.29, 1.82) is 0 Å². The molecule has 3 unspecified atom stereocenters. The Bertz CT molecular complexity index is 2060. The van der Waals surface area contributed by atoms with E-state index in [0.717, 1.165) is 135 Å². The highest BCUT2D eigenvalue weighted by Gasteiger charge is 2.23. The van der Waals surface area contributed by atoms with Gasteiger partial charge in [-0.25, -0.2) is 0 Å². The minimum Gasteiger partial charge on any atom is -0.756 e. The Morgan fingerprint density at radius 2 is 0.697 bits per heavy atom. The van der Waals surface area contributed by atoms with E-state index in [1.165, 1.54) is 122 Å². The van der Waals surface area contributed by atoms with Crippen LogP contribution in [-0.2, 0) is 18.4 Å². The number of unbranched alkanes of at least 4 members (excludes halogenated alkanes) is 25. The van der Waals surface area contributed by atoms with Gasteiger partial charge in [-0.2, -0.15) is 0 Å². The van der Waals surface area contributed by atoms with Gasteiger partial charge < -0.3 is 28.8 Å². The van der Waals surface area contributed by atoms with E-state index < -0.39 is 26.6 Å². The molecule has 0 aromatic rings. The minimum atomic E-state index is -4.64. The number of nitrogens with zero attached hydrogens (tertiary/aromatic N) is 1. The van der Waals surface area contributed by atoms with E-state index in [1.807, 2.05) is 27.2 Å². The Kier molecular flexibility index (Phi) is 65.1. The summed E-state index contributed by atoms with van der Waals surface area (Å²) >= 11 is 0. The summed E-state index contributed by atoms with van der Waals surface area (Å²) in [5, 5.41) is 13.9. The third-order valence-electron chi connectivity index (χ3n) is 15.1. The van der Waals surface area contributed by atoms with Crippen molar-refractivity contribution in [3.8, 4) is 0 Å². The van der Waals surface area contributed by atoms with Crippen LogP contribution in [0.3, 0.4) is 0 Å². The van der Waals surface area contributed by atoms with Crippen molar-refractivity contribution < 1.29 is 32.9 Å². The molecule has 506 valence electrons. The summed E-state index contributed by atoms with van der Waals surface area (Å²) in [6.45, 7) is 4.49. The van der Waals surface area contributed by atoms with E-state index in [4.69, 9.17) is 9.05 Å². The summed E-state index contributed by atoms with van der Waals surface area (Å²) in [5.74, 6) is -0.235. The summed E-state index contributed by atoms with van der Waals surface area (Å²) in [6, 6.07) is -0.936. The van der Waals surface area contributed by atoms with Crippen LogP contribution in [0.25, 0.3) is 0 Å². The summed E-state index contributed by atoms with van der Waals surface area (Å²) in [7, 11) is 1.20. The first-order chi connectivity index (χ1) is 43.5. The molecule has 0 aliphatic rings. The van der Waals surface area contributed by atoms with Crippen molar-refractivity contribution in [1.82, 2.24) is 5.32 Å². The first-order valence-corrected chi connectivity index (χ1v) is 37.5. The molecule has 2 N–H and O–H groups in total. The number of carbonyl (C=O) groups excluding carboxylic acids is 1. The van der Waals surface area contributed by atoms with Gasteiger partial charge in [0.05, 0.1) is 39.9 Å². The molecule has 0 fully saturated rings. The number of nitrogens with one attached hydrogen (secondary N) is 1. The second-order valence-corrected chi connectivity index (χ2v) is 26.2. The summed E-state index contributed by atoms with van der Waals surface area (Å²) < 4.78 is 23.4. The van der Waals surface area contributed by atoms with E-state index in [-0.39, 0.29) is 12.5 Å². The van der Waals surface area contributed by atoms with Crippen molar-refractivity contribution in [3.05, 3.63) is 170 Å². The average Bonchev–Trinajstić information content (AvgIpc) is 3.55. The lowest BCUT2D eigenvalue weighted by molar-refractivity contribution is -0.870. The fourth-order valence-corrected chi connectivity index (χ4v) is 10.3. The lowest BCUT2D eigenvalue weighted by Crippen LogP contribution is -2.45. The Labute approximate surface area is 549 Å². The normalized spacial score (nSPS) is 14.6. The number of hydrogen-bond acceptors (Lipinski definition) is 6. The molecule has 0 bridgehead atoms. The van der Waals surface area contributed by atoms with E-state index in [0.29, 0.717) is 17.4 Å². The van der Waals surface area contributed by atoms with Crippen LogP contribution in [0.2, 0.25) is 0 Å². The van der Waals surface area contributed by atoms with Crippen molar-refractivity contribution in [2.75, 3.05) is 40.9 Å². The van der Waals surface area contributed by atoms with Gasteiger partial charge in [0.1, 0.15) is 13.2 Å². The molecule has 9 heteroatoms. The molecule has 0 aromatic carbocycles. The number of aliphatic hydroxyl groups excluding tert-OH is 1. The van der Waals surface area contributed by atoms with Crippen molar-refractivity contribution in [3.63, 3.8) is 0 Å². The van der Waals surface area contributed by atoms with Gasteiger partial charge >= 0.3 is 0 Å². The summed E-state index contributed by atoms with van der Waals surface area (Å²) in [4.78, 5) is 25.6. The molecule has 0 aliphatic carbocycles. The van der Waals surface area contributed by atoms with E-state index in [9.17, 15) is 19.4 Å². The standard InChI is InChI=1S/C80H135N2O6P/c1-6-8-10-12-14-16-18-20-22-24-26-28-30-32-34-36-37-38-39-40-41-42-43-44-45-46-48-50-52-54-56-58-60-62-64-66-68-70-72-74-80(84)81-78(77-88-89(85,86)87-76-75-82(3,4)5)79(83)73-71-69-67-65-63-61-59-57-55-53-51-49-47-35-33-31-29-27-25-23-21-19-17-15-13-11-9-7-2/h8,10,14,16,20,22,26,28,32,34,37-38,40-41,43-44,46,48,52,54-55,57-58,60,63,65,71,73,78-79,83H,6-7,9,11-13,15,17-19,21,23-25,27,29-31,33,35-36,39,42,45,47,49-51,53,56,59,61-62,64,66-70,72,74-77H2,1-5H3,(H-,81,84,85,86)/b10-8-,16-14-,22-20-,28-26-,34-32-,38-37-,41-40-,44-43-,48-46-,54-52-,57-55+,60-58-,65-63+,73-71+. The third-order valence-corrected chi connectivity index (χ3v) is 16.1. The fourth-order valence-electron chi connectivity index (χ4n) is 9.60. The van der Waals surface area contributed by atoms with Crippen LogP contribution in [-0.4, -0.2) is 68.5 Å². The van der Waals surface area contributed by atoms with Gasteiger partial charge in [-0.05, 0) is 128 Å². The van der Waals surface area contributed by atoms with Gasteiger partial charge in [0.2, 0.25) is 5.91 Å². The van der Waals surface area contributed by atoms with E-state index >= 15 is 0 Å². The number of amides is 1. The second-order valence-electron chi connectivity index (χ2n) is 24.8. The molecule has 0 aliphatic heterocycles. The van der Waals surface area contributed by atoms with Crippen molar-refractivity contribution in [2.24, 2.45) is 0 Å². The average molecular weight is 1250 g/mol. The number of aliphatic hydroxyl groups is 1. The van der Waals surface area contributed by atoms with E-state index in [1.54, 1.807) is 6.08 Å². The predicted octanol–water partition coefficient (Wildman–Crippen LogP) is 22.9. The summed E-state index contributed by atoms with van der Waals surface area (Å²) in [5.41, 5.74) is 0. The zero-order valence-corrected chi connectivity index (χ0v) is 58.7. The number of quaternary nitrogens is 1. The van der Waals surface area contributed by atoms with Gasteiger partial charge in [-0.3, -0.25) is 9.36 Å². The van der Waals surface area contributed by atoms with Gasteiger partial charge in [-0.15, -0.1) is 0 Å². The SMILES string of the molecule is CC/C=C\C/C=C\C/C=C\C/C=C\C/C=C\C/C=C\C/C=C\C/C=C\C/C=C\C/C=C\C/C=C\CCCCCCCC(=O)NC(COP(=O)([O-])OCC[N+](C)(C)C)C(O)/C=C/CC/C=C/CC/C=C/CCCCCCCCCCCCCCCCCCCC. The van der Waals surface area contributed by atoms with Crippen molar-refractivity contribution >= 4 is 13.7 Å². The molecule has 0 aromatic heterocycles. The number of allylic oxidation sites excluding steroid dienone is 27. The predicted molar refractivity (Wildman–Crippen MR) is 389 cm³/mol. The van der Waals surface area contributed by atoms with Gasteiger partial charge in [0.15, 0.2) is 0 Å². The van der Waals surface area contributed by atoms with Crippen LogP contribution in [0.15, 0.2) is 170 Å². The Hall–Kier alpha value is -4.14. The Morgan fingerprint density at radius 3 is 1.04 bits per heavy atom. The third kappa shape index (κ3) is 71.2. The molecule has 89 heavy (non-hydrogen) atoms. The maximum atomic E-state index is 13.0. The number of phosphoric acid groups is 1. The highest BCUT2D eigenvalue weighted by Crippen LogP contribution is 2.38. The number of carbonyl (C=O) groups is 1. The number of likely N-dealkylation sites (N-methyl/N-ethyl adjacent to an activating group) is 1. The number of phosphoric ester groups is 1. The maximum Gasteiger partial charge on any atom is 0.268 e. The van der Waals surface area contributed by atoms with Crippen LogP contribution in [0, 0.1) is 0 Å². The first kappa shape index (κ1) is 84.9. The molecule has 0 saturated carbocycles.